The zero-order chi connectivity index (χ0) is 15.5. The maximum absolute atomic E-state index is 12.9. The van der Waals surface area contributed by atoms with Gasteiger partial charge >= 0.3 is 6.18 Å². The van der Waals surface area contributed by atoms with Gasteiger partial charge in [0.05, 0.1) is 11.3 Å². The van der Waals surface area contributed by atoms with E-state index in [0.29, 0.717) is 5.69 Å². The van der Waals surface area contributed by atoms with E-state index in [1.54, 1.807) is 12.1 Å². The normalized spacial score (nSPS) is 11.0. The first-order chi connectivity index (χ1) is 9.88. The zero-order valence-electron chi connectivity index (χ0n) is 11.3. The minimum atomic E-state index is -4.47. The Bertz CT molecular complexity index is 651. The van der Waals surface area contributed by atoms with E-state index in [-0.39, 0.29) is 11.6 Å². The summed E-state index contributed by atoms with van der Waals surface area (Å²) in [5.74, 6) is -0.221. The van der Waals surface area contributed by atoms with Crippen LogP contribution < -0.4 is 10.6 Å². The summed E-state index contributed by atoms with van der Waals surface area (Å²) in [6.45, 7) is 1.85. The molecule has 0 unspecified atom stereocenters. The number of aryl methyl sites for hydroxylation is 1. The Morgan fingerprint density at radius 2 is 1.43 bits per heavy atom. The molecule has 0 amide bonds. The van der Waals surface area contributed by atoms with Crippen LogP contribution in [0.25, 0.3) is 0 Å². The molecule has 0 bridgehead atoms. The predicted octanol–water partition coefficient (Wildman–Crippen LogP) is 4.47. The quantitative estimate of drug-likeness (QED) is 0.565. The van der Waals surface area contributed by atoms with Crippen LogP contribution in [0, 0.1) is 12.3 Å². The van der Waals surface area contributed by atoms with Gasteiger partial charge in [-0.2, -0.15) is 13.2 Å². The number of benzene rings is 2. The van der Waals surface area contributed by atoms with Gasteiger partial charge in [-0.3, -0.25) is 5.41 Å². The molecule has 3 N–H and O–H groups in total. The maximum atomic E-state index is 12.9. The van der Waals surface area contributed by atoms with Gasteiger partial charge in [-0.1, -0.05) is 30.3 Å². The minimum Gasteiger partial charge on any atom is -0.326 e. The molecule has 6 heteroatoms. The van der Waals surface area contributed by atoms with Gasteiger partial charge in [0.2, 0.25) is 0 Å². The summed E-state index contributed by atoms with van der Waals surface area (Å²) in [6, 6.07) is 12.3. The summed E-state index contributed by atoms with van der Waals surface area (Å²) >= 11 is 0. The van der Waals surface area contributed by atoms with Crippen LogP contribution >= 0.6 is 0 Å². The van der Waals surface area contributed by atoms with Crippen molar-refractivity contribution in [2.24, 2.45) is 0 Å². The molecule has 0 heterocycles. The van der Waals surface area contributed by atoms with E-state index in [9.17, 15) is 13.2 Å². The van der Waals surface area contributed by atoms with Gasteiger partial charge in [0, 0.05) is 5.69 Å². The number of rotatable bonds is 2. The molecular formula is C15H14F3N3. The van der Waals surface area contributed by atoms with Gasteiger partial charge in [0.15, 0.2) is 5.96 Å². The summed E-state index contributed by atoms with van der Waals surface area (Å²) in [5.41, 5.74) is 0.602. The fraction of sp³-hybridized carbons (Fsp3) is 0.133. The van der Waals surface area contributed by atoms with Crippen LogP contribution in [0.3, 0.4) is 0 Å². The number of alkyl halides is 3. The van der Waals surface area contributed by atoms with Crippen LogP contribution in [0.5, 0.6) is 0 Å². The first-order valence-corrected chi connectivity index (χ1v) is 6.22. The lowest BCUT2D eigenvalue weighted by atomic mass is 10.1. The second-order valence-electron chi connectivity index (χ2n) is 4.48. The lowest BCUT2D eigenvalue weighted by molar-refractivity contribution is -0.136. The van der Waals surface area contributed by atoms with Gasteiger partial charge in [-0.25, -0.2) is 0 Å². The highest BCUT2D eigenvalue weighted by Crippen LogP contribution is 2.34. The molecule has 0 aliphatic heterocycles. The second kappa shape index (κ2) is 5.87. The lowest BCUT2D eigenvalue weighted by Crippen LogP contribution is -2.23. The van der Waals surface area contributed by atoms with Crippen molar-refractivity contribution in [3.63, 3.8) is 0 Å². The number of para-hydroxylation sites is 2. The number of hydrogen-bond donors (Lipinski definition) is 3. The lowest BCUT2D eigenvalue weighted by Gasteiger charge is -2.16. The standard InChI is InChI=1S/C15H14F3N3/c1-10-6-2-4-8-12(10)20-14(19)21-13-9-5-3-7-11(13)15(16,17)18/h2-9H,1H3,(H3,19,20,21). The van der Waals surface area contributed by atoms with Crippen molar-refractivity contribution in [3.05, 3.63) is 59.7 Å². The van der Waals surface area contributed by atoms with Crippen molar-refractivity contribution in [2.45, 2.75) is 13.1 Å². The van der Waals surface area contributed by atoms with Crippen molar-refractivity contribution in [1.82, 2.24) is 0 Å². The molecule has 2 aromatic rings. The molecule has 0 spiro atoms. The van der Waals surface area contributed by atoms with Crippen LogP contribution in [0.1, 0.15) is 11.1 Å². The molecule has 0 aromatic heterocycles. The van der Waals surface area contributed by atoms with Crippen LogP contribution in [-0.4, -0.2) is 5.96 Å². The highest BCUT2D eigenvalue weighted by Gasteiger charge is 2.33. The van der Waals surface area contributed by atoms with Crippen LogP contribution in [0.2, 0.25) is 0 Å². The van der Waals surface area contributed by atoms with Gasteiger partial charge in [-0.15, -0.1) is 0 Å². The average molecular weight is 293 g/mol. The fourth-order valence-corrected chi connectivity index (χ4v) is 1.85. The largest absolute Gasteiger partial charge is 0.418 e. The summed E-state index contributed by atoms with van der Waals surface area (Å²) in [5, 5.41) is 13.0. The Hall–Kier alpha value is -2.50. The molecule has 3 nitrogen and oxygen atoms in total. The molecule has 0 aliphatic rings. The Kier molecular flexibility index (Phi) is 4.16. The molecule has 2 aromatic carbocycles. The molecule has 2 rings (SSSR count). The van der Waals surface area contributed by atoms with E-state index in [0.717, 1.165) is 11.6 Å². The number of guanidine groups is 1. The monoisotopic (exact) mass is 293 g/mol. The Balaban J connectivity index is 2.16. The molecule has 110 valence electrons. The SMILES string of the molecule is Cc1ccccc1NC(=N)Nc1ccccc1C(F)(F)F. The smallest absolute Gasteiger partial charge is 0.326 e. The fourth-order valence-electron chi connectivity index (χ4n) is 1.85. The van der Waals surface area contributed by atoms with Crippen LogP contribution in [0.15, 0.2) is 48.5 Å². The van der Waals surface area contributed by atoms with Crippen molar-refractivity contribution in [2.75, 3.05) is 10.6 Å². The van der Waals surface area contributed by atoms with E-state index in [4.69, 9.17) is 5.41 Å². The van der Waals surface area contributed by atoms with E-state index in [1.807, 2.05) is 19.1 Å². The molecule has 0 radical (unpaired) electrons. The zero-order valence-corrected chi connectivity index (χ0v) is 11.3. The number of halogens is 3. The molecule has 0 saturated heterocycles. The van der Waals surface area contributed by atoms with Gasteiger partial charge in [0.1, 0.15) is 0 Å². The average Bonchev–Trinajstić information content (AvgIpc) is 2.41. The minimum absolute atomic E-state index is 0.156. The first kappa shape index (κ1) is 14.9. The van der Waals surface area contributed by atoms with E-state index in [1.165, 1.54) is 18.2 Å². The van der Waals surface area contributed by atoms with E-state index in [2.05, 4.69) is 10.6 Å². The van der Waals surface area contributed by atoms with Crippen molar-refractivity contribution < 1.29 is 13.2 Å². The first-order valence-electron chi connectivity index (χ1n) is 6.22. The van der Waals surface area contributed by atoms with Gasteiger partial charge in [-0.05, 0) is 30.7 Å². The molecular weight excluding hydrogens is 279 g/mol. The van der Waals surface area contributed by atoms with Crippen LogP contribution in [-0.2, 0) is 6.18 Å². The number of anilines is 2. The third-order valence-electron chi connectivity index (χ3n) is 2.90. The summed E-state index contributed by atoms with van der Waals surface area (Å²) in [7, 11) is 0. The molecule has 0 atom stereocenters. The maximum Gasteiger partial charge on any atom is 0.418 e. The van der Waals surface area contributed by atoms with Crippen molar-refractivity contribution >= 4 is 17.3 Å². The van der Waals surface area contributed by atoms with Gasteiger partial charge in [0.25, 0.3) is 0 Å². The van der Waals surface area contributed by atoms with E-state index >= 15 is 0 Å². The summed E-state index contributed by atoms with van der Waals surface area (Å²) in [6.07, 6.45) is -4.47. The molecule has 0 fully saturated rings. The third kappa shape index (κ3) is 3.75. The van der Waals surface area contributed by atoms with Crippen molar-refractivity contribution in [3.8, 4) is 0 Å². The third-order valence-corrected chi connectivity index (χ3v) is 2.90. The summed E-state index contributed by atoms with van der Waals surface area (Å²) in [4.78, 5) is 0. The number of hydrogen-bond acceptors (Lipinski definition) is 1. The number of nitrogens with one attached hydrogen (secondary N) is 3. The van der Waals surface area contributed by atoms with Crippen LogP contribution in [0.4, 0.5) is 24.5 Å². The summed E-state index contributed by atoms with van der Waals surface area (Å²) < 4.78 is 38.6. The van der Waals surface area contributed by atoms with E-state index < -0.39 is 11.7 Å². The Morgan fingerprint density at radius 3 is 2.05 bits per heavy atom. The predicted molar refractivity (Wildman–Crippen MR) is 77.6 cm³/mol. The highest BCUT2D eigenvalue weighted by molar-refractivity contribution is 6.02. The molecule has 0 aliphatic carbocycles. The second-order valence-corrected chi connectivity index (χ2v) is 4.48. The Morgan fingerprint density at radius 1 is 0.905 bits per heavy atom. The topological polar surface area (TPSA) is 47.9 Å². The molecule has 21 heavy (non-hydrogen) atoms. The Labute approximate surface area is 120 Å². The molecule has 0 saturated carbocycles. The highest BCUT2D eigenvalue weighted by atomic mass is 19.4. The van der Waals surface area contributed by atoms with Gasteiger partial charge < -0.3 is 10.6 Å². The van der Waals surface area contributed by atoms with Crippen molar-refractivity contribution in [1.29, 1.82) is 5.41 Å².